The summed E-state index contributed by atoms with van der Waals surface area (Å²) in [4.78, 5) is 27.0. The van der Waals surface area contributed by atoms with E-state index in [0.717, 1.165) is 10.4 Å². The molecule has 3 heterocycles. The summed E-state index contributed by atoms with van der Waals surface area (Å²) in [5.41, 5.74) is 2.71. The quantitative estimate of drug-likeness (QED) is 0.459. The van der Waals surface area contributed by atoms with Gasteiger partial charge in [-0.3, -0.25) is 9.59 Å². The molecule has 2 aromatic carbocycles. The van der Waals surface area contributed by atoms with Crippen LogP contribution in [0.3, 0.4) is 0 Å². The Labute approximate surface area is 180 Å². The maximum atomic E-state index is 13.3. The molecule has 0 fully saturated rings. The standard InChI is InChI=1S/C23H17FN4O2S/c24-17-6-3-15(4-7-17)14-27-21-12-16(22(29)25-13-18-2-1-11-31-18)5-8-19(21)28-20(23(27)30)9-10-26-28/h1-12H,13-14H2,(H,25,29). The van der Waals surface area contributed by atoms with Crippen molar-refractivity contribution in [3.8, 4) is 0 Å². The number of carbonyl (C=O) groups is 1. The lowest BCUT2D eigenvalue weighted by Gasteiger charge is -2.13. The van der Waals surface area contributed by atoms with Crippen LogP contribution in [0.1, 0.15) is 20.8 Å². The molecule has 5 aromatic rings. The van der Waals surface area contributed by atoms with Crippen molar-refractivity contribution >= 4 is 33.8 Å². The maximum Gasteiger partial charge on any atom is 0.277 e. The monoisotopic (exact) mass is 432 g/mol. The van der Waals surface area contributed by atoms with Gasteiger partial charge in [-0.1, -0.05) is 18.2 Å². The van der Waals surface area contributed by atoms with E-state index in [0.29, 0.717) is 28.7 Å². The van der Waals surface area contributed by atoms with Crippen LogP contribution in [-0.2, 0) is 13.1 Å². The van der Waals surface area contributed by atoms with Gasteiger partial charge >= 0.3 is 0 Å². The summed E-state index contributed by atoms with van der Waals surface area (Å²) in [7, 11) is 0. The van der Waals surface area contributed by atoms with E-state index in [1.54, 1.807) is 63.0 Å². The zero-order chi connectivity index (χ0) is 21.4. The number of nitrogens with zero attached hydrogens (tertiary/aromatic N) is 3. The summed E-state index contributed by atoms with van der Waals surface area (Å²) < 4.78 is 16.5. The Morgan fingerprint density at radius 1 is 1.03 bits per heavy atom. The van der Waals surface area contributed by atoms with E-state index in [1.165, 1.54) is 12.1 Å². The molecule has 6 nitrogen and oxygen atoms in total. The summed E-state index contributed by atoms with van der Waals surface area (Å²) in [5.74, 6) is -0.562. The van der Waals surface area contributed by atoms with Crippen molar-refractivity contribution in [3.05, 3.63) is 104 Å². The van der Waals surface area contributed by atoms with Crippen LogP contribution in [0.2, 0.25) is 0 Å². The van der Waals surface area contributed by atoms with Gasteiger partial charge in [0.25, 0.3) is 11.5 Å². The summed E-state index contributed by atoms with van der Waals surface area (Å²) >= 11 is 1.57. The first-order valence-electron chi connectivity index (χ1n) is 9.65. The van der Waals surface area contributed by atoms with E-state index in [4.69, 9.17) is 0 Å². The van der Waals surface area contributed by atoms with Crippen LogP contribution in [0.15, 0.2) is 77.0 Å². The van der Waals surface area contributed by atoms with Crippen LogP contribution in [0.5, 0.6) is 0 Å². The summed E-state index contributed by atoms with van der Waals surface area (Å²) in [6.07, 6.45) is 1.57. The van der Waals surface area contributed by atoms with Gasteiger partial charge in [-0.05, 0) is 53.4 Å². The second kappa shape index (κ2) is 7.81. The number of nitrogens with one attached hydrogen (secondary N) is 1. The second-order valence-electron chi connectivity index (χ2n) is 7.11. The molecule has 0 saturated carbocycles. The Morgan fingerprint density at radius 2 is 1.87 bits per heavy atom. The molecule has 0 saturated heterocycles. The van der Waals surface area contributed by atoms with Crippen molar-refractivity contribution in [1.82, 2.24) is 19.5 Å². The number of benzene rings is 2. The maximum absolute atomic E-state index is 13.3. The van der Waals surface area contributed by atoms with Crippen molar-refractivity contribution in [2.75, 3.05) is 0 Å². The number of thiophene rings is 1. The van der Waals surface area contributed by atoms with Crippen molar-refractivity contribution in [3.63, 3.8) is 0 Å². The molecule has 1 amide bonds. The van der Waals surface area contributed by atoms with E-state index in [9.17, 15) is 14.0 Å². The molecule has 8 heteroatoms. The molecule has 0 aliphatic heterocycles. The number of hydrogen-bond donors (Lipinski definition) is 1. The molecule has 5 rings (SSSR count). The van der Waals surface area contributed by atoms with Gasteiger partial charge < -0.3 is 9.88 Å². The van der Waals surface area contributed by atoms with Gasteiger partial charge in [0.15, 0.2) is 0 Å². The third-order valence-electron chi connectivity index (χ3n) is 5.12. The normalized spacial score (nSPS) is 11.3. The topological polar surface area (TPSA) is 68.4 Å². The van der Waals surface area contributed by atoms with Gasteiger partial charge in [-0.25, -0.2) is 8.91 Å². The Kier molecular flexibility index (Phi) is 4.83. The zero-order valence-electron chi connectivity index (χ0n) is 16.3. The van der Waals surface area contributed by atoms with Gasteiger partial charge in [0.05, 0.1) is 30.3 Å². The van der Waals surface area contributed by atoms with E-state index in [-0.39, 0.29) is 23.8 Å². The summed E-state index contributed by atoms with van der Waals surface area (Å²) in [6.45, 7) is 0.687. The van der Waals surface area contributed by atoms with Crippen molar-refractivity contribution < 1.29 is 9.18 Å². The summed E-state index contributed by atoms with van der Waals surface area (Å²) in [6, 6.07) is 16.8. The van der Waals surface area contributed by atoms with E-state index >= 15 is 0 Å². The third kappa shape index (κ3) is 3.62. The predicted octanol–water partition coefficient (Wildman–Crippen LogP) is 3.83. The number of fused-ring (bicyclic) bond motifs is 3. The molecule has 0 radical (unpaired) electrons. The van der Waals surface area contributed by atoms with Crippen molar-refractivity contribution in [2.24, 2.45) is 0 Å². The highest BCUT2D eigenvalue weighted by Crippen LogP contribution is 2.18. The number of halogens is 1. The Bertz CT molecular complexity index is 1450. The smallest absolute Gasteiger partial charge is 0.277 e. The first-order chi connectivity index (χ1) is 15.1. The third-order valence-corrected chi connectivity index (χ3v) is 6.00. The van der Waals surface area contributed by atoms with Crippen LogP contribution < -0.4 is 10.9 Å². The number of aromatic nitrogens is 3. The highest BCUT2D eigenvalue weighted by Gasteiger charge is 2.15. The summed E-state index contributed by atoms with van der Waals surface area (Å²) in [5, 5.41) is 9.13. The SMILES string of the molecule is O=C(NCc1cccs1)c1ccc2c(c1)n(Cc1ccc(F)cc1)c(=O)c1ccnn12. The largest absolute Gasteiger partial charge is 0.347 e. The molecule has 0 atom stereocenters. The molecule has 1 N–H and O–H groups in total. The van der Waals surface area contributed by atoms with Crippen LogP contribution >= 0.6 is 11.3 Å². The fourth-order valence-corrected chi connectivity index (χ4v) is 4.22. The zero-order valence-corrected chi connectivity index (χ0v) is 17.1. The number of amides is 1. The molecular formula is C23H17FN4O2S. The predicted molar refractivity (Wildman–Crippen MR) is 118 cm³/mol. The van der Waals surface area contributed by atoms with Crippen molar-refractivity contribution in [2.45, 2.75) is 13.1 Å². The second-order valence-corrected chi connectivity index (χ2v) is 8.14. The Balaban J connectivity index is 1.59. The average molecular weight is 432 g/mol. The molecule has 154 valence electrons. The van der Waals surface area contributed by atoms with E-state index < -0.39 is 0 Å². The minimum atomic E-state index is -0.336. The molecule has 0 unspecified atom stereocenters. The molecular weight excluding hydrogens is 415 g/mol. The van der Waals surface area contributed by atoms with Crippen LogP contribution in [0.25, 0.3) is 16.6 Å². The molecule has 31 heavy (non-hydrogen) atoms. The average Bonchev–Trinajstić information content (AvgIpc) is 3.48. The number of rotatable bonds is 5. The van der Waals surface area contributed by atoms with E-state index in [2.05, 4.69) is 10.4 Å². The molecule has 0 aliphatic rings. The lowest BCUT2D eigenvalue weighted by atomic mass is 10.1. The highest BCUT2D eigenvalue weighted by molar-refractivity contribution is 7.09. The first-order valence-corrected chi connectivity index (χ1v) is 10.5. The minimum absolute atomic E-state index is 0.225. The minimum Gasteiger partial charge on any atom is -0.347 e. The Hall–Kier alpha value is -3.78. The molecule has 0 spiro atoms. The van der Waals surface area contributed by atoms with Gasteiger partial charge in [0, 0.05) is 10.4 Å². The first kappa shape index (κ1) is 19.2. The Morgan fingerprint density at radius 3 is 2.65 bits per heavy atom. The van der Waals surface area contributed by atoms with Gasteiger partial charge in [0.1, 0.15) is 11.3 Å². The van der Waals surface area contributed by atoms with E-state index in [1.807, 2.05) is 17.5 Å². The fraction of sp³-hybridized carbons (Fsp3) is 0.0870. The molecule has 0 bridgehead atoms. The fourth-order valence-electron chi connectivity index (χ4n) is 3.58. The van der Waals surface area contributed by atoms with Crippen LogP contribution in [0.4, 0.5) is 4.39 Å². The number of carbonyl (C=O) groups excluding carboxylic acids is 1. The van der Waals surface area contributed by atoms with Crippen LogP contribution in [-0.4, -0.2) is 20.1 Å². The van der Waals surface area contributed by atoms with Gasteiger partial charge in [-0.2, -0.15) is 5.10 Å². The lowest BCUT2D eigenvalue weighted by molar-refractivity contribution is 0.0951. The number of hydrogen-bond acceptors (Lipinski definition) is 4. The lowest BCUT2D eigenvalue weighted by Crippen LogP contribution is -2.25. The molecule has 3 aromatic heterocycles. The highest BCUT2D eigenvalue weighted by atomic mass is 32.1. The molecule has 0 aliphatic carbocycles. The van der Waals surface area contributed by atoms with Gasteiger partial charge in [0.2, 0.25) is 0 Å². The van der Waals surface area contributed by atoms with Crippen LogP contribution in [0, 0.1) is 5.82 Å². The van der Waals surface area contributed by atoms with Crippen molar-refractivity contribution in [1.29, 1.82) is 0 Å². The van der Waals surface area contributed by atoms with Gasteiger partial charge in [-0.15, -0.1) is 11.3 Å².